The van der Waals surface area contributed by atoms with E-state index >= 15 is 0 Å². The smallest absolute Gasteiger partial charge is 0.127 e. The summed E-state index contributed by atoms with van der Waals surface area (Å²) in [5.74, 6) is -0.163. The first-order valence-corrected chi connectivity index (χ1v) is 6.49. The normalized spacial score (nSPS) is 19.1. The van der Waals surface area contributed by atoms with Gasteiger partial charge in [0.1, 0.15) is 5.82 Å². The minimum Gasteiger partial charge on any atom is -0.321 e. The van der Waals surface area contributed by atoms with E-state index in [0.29, 0.717) is 5.56 Å². The molecule has 0 aliphatic heterocycles. The lowest BCUT2D eigenvalue weighted by molar-refractivity contribution is 0.454. The summed E-state index contributed by atoms with van der Waals surface area (Å²) in [6.45, 7) is 3.80. The van der Waals surface area contributed by atoms with Gasteiger partial charge in [0.25, 0.3) is 0 Å². The molecule has 1 aliphatic carbocycles. The summed E-state index contributed by atoms with van der Waals surface area (Å²) in [6.07, 6.45) is 4.21. The zero-order valence-corrected chi connectivity index (χ0v) is 11.3. The average Bonchev–Trinajstić information content (AvgIpc) is 2.68. The number of benzene rings is 1. The Bertz CT molecular complexity index is 422. The van der Waals surface area contributed by atoms with E-state index in [2.05, 4.69) is 15.9 Å². The lowest BCUT2D eigenvalue weighted by atomic mass is 9.85. The molecule has 0 amide bonds. The van der Waals surface area contributed by atoms with Crippen molar-refractivity contribution in [3.63, 3.8) is 0 Å². The third-order valence-corrected chi connectivity index (χ3v) is 4.91. The Morgan fingerprint density at radius 2 is 1.81 bits per heavy atom. The maximum Gasteiger partial charge on any atom is 0.127 e. The van der Waals surface area contributed by atoms with Gasteiger partial charge in [-0.25, -0.2) is 4.39 Å². The van der Waals surface area contributed by atoms with E-state index in [0.717, 1.165) is 41.3 Å². The molecule has 0 atom stereocenters. The van der Waals surface area contributed by atoms with Gasteiger partial charge in [0.15, 0.2) is 0 Å². The van der Waals surface area contributed by atoms with Crippen molar-refractivity contribution in [2.24, 2.45) is 5.73 Å². The summed E-state index contributed by atoms with van der Waals surface area (Å²) in [4.78, 5) is 0. The summed E-state index contributed by atoms with van der Waals surface area (Å²) in [5, 5.41) is 0. The molecule has 2 N–H and O–H groups in total. The summed E-state index contributed by atoms with van der Waals surface area (Å²) in [7, 11) is 0. The summed E-state index contributed by atoms with van der Waals surface area (Å²) < 4.78 is 14.6. The molecular formula is C13H17BrFN. The zero-order valence-electron chi connectivity index (χ0n) is 9.74. The first kappa shape index (κ1) is 12.1. The number of hydrogen-bond acceptors (Lipinski definition) is 1. The van der Waals surface area contributed by atoms with E-state index in [4.69, 9.17) is 5.73 Å². The lowest BCUT2D eigenvalue weighted by Crippen LogP contribution is -2.34. The first-order valence-electron chi connectivity index (χ1n) is 5.70. The molecule has 1 saturated carbocycles. The molecular weight excluding hydrogens is 269 g/mol. The summed E-state index contributed by atoms with van der Waals surface area (Å²) in [5.41, 5.74) is 8.79. The molecule has 0 saturated heterocycles. The van der Waals surface area contributed by atoms with Crippen LogP contribution in [0.2, 0.25) is 0 Å². The molecule has 2 rings (SSSR count). The Morgan fingerprint density at radius 3 is 2.38 bits per heavy atom. The number of rotatable bonds is 1. The SMILES string of the molecule is Cc1c(F)cc(C2(N)CCCC2)c(C)c1Br. The molecule has 0 spiro atoms. The molecule has 1 aromatic carbocycles. The number of hydrogen-bond donors (Lipinski definition) is 1. The van der Waals surface area contributed by atoms with Crippen LogP contribution >= 0.6 is 15.9 Å². The molecule has 0 aromatic heterocycles. The Balaban J connectivity index is 2.57. The van der Waals surface area contributed by atoms with Crippen molar-refractivity contribution >= 4 is 15.9 Å². The molecule has 1 fully saturated rings. The van der Waals surface area contributed by atoms with Crippen molar-refractivity contribution in [3.05, 3.63) is 33.0 Å². The van der Waals surface area contributed by atoms with Gasteiger partial charge in [-0.2, -0.15) is 0 Å². The summed E-state index contributed by atoms with van der Waals surface area (Å²) >= 11 is 3.46. The van der Waals surface area contributed by atoms with Crippen molar-refractivity contribution in [1.29, 1.82) is 0 Å². The fourth-order valence-electron chi connectivity index (χ4n) is 2.64. The van der Waals surface area contributed by atoms with E-state index in [1.807, 2.05) is 6.92 Å². The van der Waals surface area contributed by atoms with Crippen molar-refractivity contribution in [1.82, 2.24) is 0 Å². The Hall–Kier alpha value is -0.410. The fourth-order valence-corrected chi connectivity index (χ4v) is 3.04. The standard InChI is InChI=1S/C13H17BrFN/c1-8-10(13(16)5-3-4-6-13)7-11(15)9(2)12(8)14/h7H,3-6,16H2,1-2H3. The molecule has 1 aromatic rings. The Labute approximate surface area is 104 Å². The molecule has 0 unspecified atom stereocenters. The van der Waals surface area contributed by atoms with Crippen LogP contribution in [-0.4, -0.2) is 0 Å². The summed E-state index contributed by atoms with van der Waals surface area (Å²) in [6, 6.07) is 1.63. The third kappa shape index (κ3) is 1.80. The van der Waals surface area contributed by atoms with Crippen molar-refractivity contribution < 1.29 is 4.39 Å². The van der Waals surface area contributed by atoms with Crippen LogP contribution in [0.15, 0.2) is 10.5 Å². The van der Waals surface area contributed by atoms with Gasteiger partial charge in [0.05, 0.1) is 0 Å². The number of nitrogens with two attached hydrogens (primary N) is 1. The second-order valence-electron chi connectivity index (χ2n) is 4.83. The van der Waals surface area contributed by atoms with Crippen LogP contribution in [-0.2, 0) is 5.54 Å². The predicted octanol–water partition coefficient (Wildman–Crippen LogP) is 3.93. The molecule has 0 radical (unpaired) electrons. The second-order valence-corrected chi connectivity index (χ2v) is 5.63. The topological polar surface area (TPSA) is 26.0 Å². The van der Waals surface area contributed by atoms with Gasteiger partial charge >= 0.3 is 0 Å². The van der Waals surface area contributed by atoms with Gasteiger partial charge < -0.3 is 5.73 Å². The van der Waals surface area contributed by atoms with Crippen LogP contribution < -0.4 is 5.73 Å². The second kappa shape index (κ2) is 4.11. The van der Waals surface area contributed by atoms with Crippen molar-refractivity contribution in [2.75, 3.05) is 0 Å². The van der Waals surface area contributed by atoms with Crippen LogP contribution in [0.4, 0.5) is 4.39 Å². The van der Waals surface area contributed by atoms with Gasteiger partial charge in [0, 0.05) is 10.0 Å². The molecule has 1 aliphatic rings. The highest BCUT2D eigenvalue weighted by molar-refractivity contribution is 9.10. The van der Waals surface area contributed by atoms with Crippen LogP contribution in [0.1, 0.15) is 42.4 Å². The van der Waals surface area contributed by atoms with Gasteiger partial charge in [-0.1, -0.05) is 28.8 Å². The molecule has 88 valence electrons. The highest BCUT2D eigenvalue weighted by Gasteiger charge is 2.33. The minimum atomic E-state index is -0.318. The van der Waals surface area contributed by atoms with Crippen LogP contribution in [0.3, 0.4) is 0 Å². The fraction of sp³-hybridized carbons (Fsp3) is 0.538. The first-order chi connectivity index (χ1) is 7.46. The average molecular weight is 286 g/mol. The maximum atomic E-state index is 13.8. The monoisotopic (exact) mass is 285 g/mol. The largest absolute Gasteiger partial charge is 0.321 e. The van der Waals surface area contributed by atoms with Gasteiger partial charge in [-0.15, -0.1) is 0 Å². The molecule has 3 heteroatoms. The van der Waals surface area contributed by atoms with Crippen LogP contribution in [0, 0.1) is 19.7 Å². The lowest BCUT2D eigenvalue weighted by Gasteiger charge is -2.27. The highest BCUT2D eigenvalue weighted by atomic mass is 79.9. The maximum absolute atomic E-state index is 13.8. The predicted molar refractivity (Wildman–Crippen MR) is 67.9 cm³/mol. The highest BCUT2D eigenvalue weighted by Crippen LogP contribution is 2.40. The van der Waals surface area contributed by atoms with E-state index in [-0.39, 0.29) is 11.4 Å². The van der Waals surface area contributed by atoms with Crippen LogP contribution in [0.25, 0.3) is 0 Å². The quantitative estimate of drug-likeness (QED) is 0.831. The molecule has 0 heterocycles. The van der Waals surface area contributed by atoms with Gasteiger partial charge in [-0.05, 0) is 49.4 Å². The van der Waals surface area contributed by atoms with E-state index < -0.39 is 0 Å². The molecule has 0 bridgehead atoms. The third-order valence-electron chi connectivity index (χ3n) is 3.72. The zero-order chi connectivity index (χ0) is 11.9. The van der Waals surface area contributed by atoms with E-state index in [1.165, 1.54) is 0 Å². The van der Waals surface area contributed by atoms with Crippen molar-refractivity contribution in [3.8, 4) is 0 Å². The Morgan fingerprint density at radius 1 is 1.25 bits per heavy atom. The molecule has 1 nitrogen and oxygen atoms in total. The van der Waals surface area contributed by atoms with Crippen molar-refractivity contribution in [2.45, 2.75) is 45.1 Å². The van der Waals surface area contributed by atoms with Gasteiger partial charge in [-0.3, -0.25) is 0 Å². The van der Waals surface area contributed by atoms with Crippen LogP contribution in [0.5, 0.6) is 0 Å². The number of halogens is 2. The van der Waals surface area contributed by atoms with E-state index in [1.54, 1.807) is 13.0 Å². The Kier molecular flexibility index (Phi) is 3.10. The molecule has 16 heavy (non-hydrogen) atoms. The van der Waals surface area contributed by atoms with Gasteiger partial charge in [0.2, 0.25) is 0 Å². The van der Waals surface area contributed by atoms with E-state index in [9.17, 15) is 4.39 Å². The minimum absolute atomic E-state index is 0.163.